The predicted octanol–water partition coefficient (Wildman–Crippen LogP) is 3.65. The van der Waals surface area contributed by atoms with Gasteiger partial charge in [-0.05, 0) is 42.5 Å². The molecule has 0 spiro atoms. The van der Waals surface area contributed by atoms with E-state index in [0.717, 1.165) is 46.0 Å². The molecule has 0 atom stereocenters. The zero-order valence-corrected chi connectivity index (χ0v) is 14.8. The van der Waals surface area contributed by atoms with Gasteiger partial charge in [0.25, 0.3) is 5.56 Å². The average Bonchev–Trinajstić information content (AvgIpc) is 3.18. The number of aromatic nitrogens is 2. The van der Waals surface area contributed by atoms with Crippen molar-refractivity contribution in [1.82, 2.24) is 9.55 Å². The van der Waals surface area contributed by atoms with Gasteiger partial charge in [0.1, 0.15) is 4.83 Å². The number of nitriles is 1. The fraction of sp³-hybridized carbons (Fsp3) is 0.278. The van der Waals surface area contributed by atoms with E-state index in [4.69, 9.17) is 10.2 Å². The second kappa shape index (κ2) is 6.08. The van der Waals surface area contributed by atoms with Gasteiger partial charge in [0.15, 0.2) is 5.16 Å². The number of hydrogen-bond donors (Lipinski definition) is 0. The Labute approximate surface area is 147 Å². The van der Waals surface area contributed by atoms with Crippen LogP contribution in [-0.2, 0) is 25.6 Å². The average molecular weight is 353 g/mol. The zero-order valence-electron chi connectivity index (χ0n) is 13.2. The van der Waals surface area contributed by atoms with Gasteiger partial charge in [0.2, 0.25) is 0 Å². The second-order valence-electron chi connectivity index (χ2n) is 5.89. The fourth-order valence-electron chi connectivity index (χ4n) is 3.06. The smallest absolute Gasteiger partial charge is 0.262 e. The third-order valence-corrected chi connectivity index (χ3v) is 6.64. The summed E-state index contributed by atoms with van der Waals surface area (Å²) in [4.78, 5) is 19.7. The maximum atomic E-state index is 12.7. The summed E-state index contributed by atoms with van der Waals surface area (Å²) in [5.74, 6) is 0.725. The van der Waals surface area contributed by atoms with Gasteiger partial charge < -0.3 is 0 Å². The molecule has 120 valence electrons. The molecule has 2 aromatic heterocycles. The van der Waals surface area contributed by atoms with Crippen molar-refractivity contribution in [3.8, 4) is 6.07 Å². The molecule has 0 aliphatic heterocycles. The molecule has 0 bridgehead atoms. The Morgan fingerprint density at radius 1 is 1.33 bits per heavy atom. The van der Waals surface area contributed by atoms with Crippen molar-refractivity contribution in [2.45, 2.75) is 30.2 Å². The van der Waals surface area contributed by atoms with Crippen molar-refractivity contribution in [2.75, 3.05) is 0 Å². The zero-order chi connectivity index (χ0) is 16.7. The van der Waals surface area contributed by atoms with Crippen LogP contribution in [0.15, 0.2) is 34.2 Å². The molecule has 4 rings (SSSR count). The molecule has 4 nitrogen and oxygen atoms in total. The quantitative estimate of drug-likeness (QED) is 0.533. The molecule has 0 fully saturated rings. The van der Waals surface area contributed by atoms with Gasteiger partial charge in [-0.2, -0.15) is 5.26 Å². The Kier molecular flexibility index (Phi) is 3.91. The fourth-order valence-corrected chi connectivity index (χ4v) is 5.29. The Balaban J connectivity index is 1.66. The summed E-state index contributed by atoms with van der Waals surface area (Å²) in [7, 11) is 1.80. The van der Waals surface area contributed by atoms with E-state index >= 15 is 0 Å². The minimum atomic E-state index is 0.0710. The lowest BCUT2D eigenvalue weighted by Crippen LogP contribution is -2.20. The molecule has 1 aliphatic carbocycles. The molecule has 1 aromatic carbocycles. The number of fused-ring (bicyclic) bond motifs is 3. The van der Waals surface area contributed by atoms with Gasteiger partial charge in [-0.1, -0.05) is 23.9 Å². The largest absolute Gasteiger partial charge is 0.290 e. The molecule has 1 aliphatic rings. The first-order valence-corrected chi connectivity index (χ1v) is 9.60. The van der Waals surface area contributed by atoms with Crippen LogP contribution in [0.25, 0.3) is 10.2 Å². The molecule has 2 heterocycles. The van der Waals surface area contributed by atoms with Gasteiger partial charge in [-0.15, -0.1) is 11.3 Å². The standard InChI is InChI=1S/C18H15N3OS2/c1-21-17(22)15-13-3-2-4-14(13)24-16(15)20-18(21)23-10-12-7-5-11(9-19)6-8-12/h5-8H,2-4,10H2,1H3. The minimum Gasteiger partial charge on any atom is -0.290 e. The third-order valence-electron chi connectivity index (χ3n) is 4.36. The van der Waals surface area contributed by atoms with Crippen LogP contribution in [0.2, 0.25) is 0 Å². The molecule has 0 N–H and O–H groups in total. The topological polar surface area (TPSA) is 58.7 Å². The number of thioether (sulfide) groups is 1. The van der Waals surface area contributed by atoms with Crippen molar-refractivity contribution < 1.29 is 0 Å². The normalized spacial score (nSPS) is 13.2. The molecule has 0 amide bonds. The highest BCUT2D eigenvalue weighted by Crippen LogP contribution is 2.35. The van der Waals surface area contributed by atoms with Gasteiger partial charge in [-0.25, -0.2) is 4.98 Å². The van der Waals surface area contributed by atoms with Crippen LogP contribution in [0, 0.1) is 11.3 Å². The van der Waals surface area contributed by atoms with Crippen LogP contribution in [-0.4, -0.2) is 9.55 Å². The number of benzene rings is 1. The maximum absolute atomic E-state index is 12.7. The number of nitrogens with zero attached hydrogens (tertiary/aromatic N) is 3. The first-order chi connectivity index (χ1) is 11.7. The first-order valence-electron chi connectivity index (χ1n) is 7.80. The van der Waals surface area contributed by atoms with Crippen LogP contribution in [0.4, 0.5) is 0 Å². The van der Waals surface area contributed by atoms with E-state index in [1.807, 2.05) is 24.3 Å². The Hall–Kier alpha value is -2.10. The Morgan fingerprint density at radius 2 is 2.12 bits per heavy atom. The van der Waals surface area contributed by atoms with E-state index in [9.17, 15) is 4.79 Å². The predicted molar refractivity (Wildman–Crippen MR) is 97.6 cm³/mol. The van der Waals surface area contributed by atoms with Crippen molar-refractivity contribution in [3.63, 3.8) is 0 Å². The van der Waals surface area contributed by atoms with Crippen molar-refractivity contribution in [2.24, 2.45) is 7.05 Å². The summed E-state index contributed by atoms with van der Waals surface area (Å²) in [6, 6.07) is 9.64. The highest BCUT2D eigenvalue weighted by molar-refractivity contribution is 7.98. The summed E-state index contributed by atoms with van der Waals surface area (Å²) in [5, 5.41) is 10.4. The lowest BCUT2D eigenvalue weighted by molar-refractivity contribution is 0.727. The van der Waals surface area contributed by atoms with Crippen LogP contribution in [0.1, 0.15) is 28.0 Å². The van der Waals surface area contributed by atoms with Crippen LogP contribution < -0.4 is 5.56 Å². The molecule has 0 saturated heterocycles. The summed E-state index contributed by atoms with van der Waals surface area (Å²) in [6.45, 7) is 0. The number of aryl methyl sites for hydroxylation is 2. The lowest BCUT2D eigenvalue weighted by Gasteiger charge is -2.07. The SMILES string of the molecule is Cn1c(SCc2ccc(C#N)cc2)nc2sc3c(c2c1=O)CCC3. The number of rotatable bonds is 3. The second-order valence-corrected chi connectivity index (χ2v) is 7.92. The highest BCUT2D eigenvalue weighted by atomic mass is 32.2. The van der Waals surface area contributed by atoms with Crippen LogP contribution in [0.5, 0.6) is 0 Å². The van der Waals surface area contributed by atoms with Gasteiger partial charge >= 0.3 is 0 Å². The summed E-state index contributed by atoms with van der Waals surface area (Å²) < 4.78 is 1.67. The minimum absolute atomic E-state index is 0.0710. The Bertz CT molecular complexity index is 1030. The molecule has 0 unspecified atom stereocenters. The van der Waals surface area contributed by atoms with E-state index in [1.165, 1.54) is 10.4 Å². The van der Waals surface area contributed by atoms with Crippen LogP contribution in [0.3, 0.4) is 0 Å². The van der Waals surface area contributed by atoms with Gasteiger partial charge in [-0.3, -0.25) is 9.36 Å². The van der Waals surface area contributed by atoms with E-state index in [1.54, 1.807) is 34.7 Å². The summed E-state index contributed by atoms with van der Waals surface area (Å²) in [5.41, 5.74) is 3.07. The van der Waals surface area contributed by atoms with Crippen LogP contribution >= 0.6 is 23.1 Å². The highest BCUT2D eigenvalue weighted by Gasteiger charge is 2.22. The monoisotopic (exact) mass is 353 g/mol. The van der Waals surface area contributed by atoms with E-state index < -0.39 is 0 Å². The summed E-state index contributed by atoms with van der Waals surface area (Å²) >= 11 is 3.24. The number of hydrogen-bond acceptors (Lipinski definition) is 5. The summed E-state index contributed by atoms with van der Waals surface area (Å²) in [6.07, 6.45) is 3.23. The van der Waals surface area contributed by atoms with Gasteiger partial charge in [0, 0.05) is 17.7 Å². The third kappa shape index (κ3) is 2.54. The molecule has 6 heteroatoms. The van der Waals surface area contributed by atoms with Crippen molar-refractivity contribution in [1.29, 1.82) is 5.26 Å². The number of thiophene rings is 1. The van der Waals surface area contributed by atoms with E-state index in [0.29, 0.717) is 5.56 Å². The van der Waals surface area contributed by atoms with Crippen molar-refractivity contribution >= 4 is 33.3 Å². The molecule has 24 heavy (non-hydrogen) atoms. The maximum Gasteiger partial charge on any atom is 0.262 e. The van der Waals surface area contributed by atoms with E-state index in [2.05, 4.69) is 6.07 Å². The Morgan fingerprint density at radius 3 is 2.88 bits per heavy atom. The first kappa shape index (κ1) is 15.4. The molecular formula is C18H15N3OS2. The van der Waals surface area contributed by atoms with E-state index in [-0.39, 0.29) is 5.56 Å². The van der Waals surface area contributed by atoms with Gasteiger partial charge in [0.05, 0.1) is 17.0 Å². The van der Waals surface area contributed by atoms with Crippen molar-refractivity contribution in [3.05, 3.63) is 56.2 Å². The molecule has 0 radical (unpaired) electrons. The lowest BCUT2D eigenvalue weighted by atomic mass is 10.2. The molecule has 0 saturated carbocycles. The molecule has 3 aromatic rings. The molecular weight excluding hydrogens is 338 g/mol.